The number of hydrogen-bond donors (Lipinski definition) is 3. The van der Waals surface area contributed by atoms with Gasteiger partial charge >= 0.3 is 5.69 Å². The number of aromatic hydroxyl groups is 2. The van der Waals surface area contributed by atoms with Crippen LogP contribution in [0.1, 0.15) is 21.6 Å². The molecule has 0 aliphatic heterocycles. The minimum atomic E-state index is -0.790. The van der Waals surface area contributed by atoms with Gasteiger partial charge in [-0.1, -0.05) is 30.3 Å². The number of aryl methyl sites for hydroxylation is 1. The lowest BCUT2D eigenvalue weighted by atomic mass is 10.1. The lowest BCUT2D eigenvalue weighted by molar-refractivity contribution is -0.385. The maximum atomic E-state index is 12.5. The first-order valence-electron chi connectivity index (χ1n) is 10.2. The number of hydrazone groups is 1. The standard InChI is InChI=1S/C25H20N4O5/c1-16-7-12-21(17-5-3-2-4-6-17)28(16)20-10-8-18(9-11-20)25(32)27-26-15-19-13-22(29(33)34)24(31)14-23(19)30/h2-15,30-31H,1H3,(H,27,32)/b26-15+. The highest BCUT2D eigenvalue weighted by atomic mass is 16.6. The van der Waals surface area contributed by atoms with Crippen LogP contribution < -0.4 is 5.43 Å². The maximum absolute atomic E-state index is 12.5. The summed E-state index contributed by atoms with van der Waals surface area (Å²) in [5, 5.41) is 34.1. The normalized spacial score (nSPS) is 11.0. The van der Waals surface area contributed by atoms with Crippen molar-refractivity contribution >= 4 is 17.8 Å². The molecule has 1 heterocycles. The molecule has 0 fully saturated rings. The summed E-state index contributed by atoms with van der Waals surface area (Å²) in [4.78, 5) is 22.6. The van der Waals surface area contributed by atoms with Crippen molar-refractivity contribution in [3.05, 3.63) is 106 Å². The van der Waals surface area contributed by atoms with E-state index in [0.29, 0.717) is 5.56 Å². The largest absolute Gasteiger partial charge is 0.507 e. The van der Waals surface area contributed by atoms with Gasteiger partial charge in [-0.15, -0.1) is 0 Å². The zero-order chi connectivity index (χ0) is 24.2. The average Bonchev–Trinajstić information content (AvgIpc) is 3.22. The van der Waals surface area contributed by atoms with Gasteiger partial charge in [0.25, 0.3) is 5.91 Å². The molecular weight excluding hydrogens is 436 g/mol. The van der Waals surface area contributed by atoms with Gasteiger partial charge in [-0.25, -0.2) is 5.43 Å². The number of hydrogen-bond acceptors (Lipinski definition) is 6. The Morgan fingerprint density at radius 3 is 2.38 bits per heavy atom. The van der Waals surface area contributed by atoms with E-state index in [9.17, 15) is 25.1 Å². The lowest BCUT2D eigenvalue weighted by Crippen LogP contribution is -2.17. The van der Waals surface area contributed by atoms with E-state index in [2.05, 4.69) is 15.1 Å². The summed E-state index contributed by atoms with van der Waals surface area (Å²) in [5.41, 5.74) is 6.10. The van der Waals surface area contributed by atoms with Gasteiger partial charge in [0.1, 0.15) is 5.75 Å². The minimum Gasteiger partial charge on any atom is -0.507 e. The van der Waals surface area contributed by atoms with Crippen LogP contribution in [0.2, 0.25) is 0 Å². The van der Waals surface area contributed by atoms with Crippen LogP contribution in [-0.4, -0.2) is 31.8 Å². The van der Waals surface area contributed by atoms with Crippen molar-refractivity contribution in [1.29, 1.82) is 0 Å². The van der Waals surface area contributed by atoms with Crippen molar-refractivity contribution in [2.75, 3.05) is 0 Å². The third kappa shape index (κ3) is 4.49. The highest BCUT2D eigenvalue weighted by molar-refractivity contribution is 5.95. The third-order valence-corrected chi connectivity index (χ3v) is 5.22. The molecule has 9 nitrogen and oxygen atoms in total. The molecule has 0 atom stereocenters. The number of aromatic nitrogens is 1. The molecule has 0 aliphatic rings. The van der Waals surface area contributed by atoms with Gasteiger partial charge in [-0.3, -0.25) is 14.9 Å². The molecule has 9 heteroatoms. The van der Waals surface area contributed by atoms with Crippen molar-refractivity contribution in [3.8, 4) is 28.4 Å². The Morgan fingerprint density at radius 2 is 1.71 bits per heavy atom. The molecule has 4 aromatic rings. The molecule has 0 radical (unpaired) electrons. The summed E-state index contributed by atoms with van der Waals surface area (Å²) in [7, 11) is 0. The molecule has 170 valence electrons. The van der Waals surface area contributed by atoms with E-state index in [4.69, 9.17) is 0 Å². The molecule has 1 amide bonds. The van der Waals surface area contributed by atoms with Gasteiger partial charge < -0.3 is 14.8 Å². The molecule has 34 heavy (non-hydrogen) atoms. The SMILES string of the molecule is Cc1ccc(-c2ccccc2)n1-c1ccc(C(=O)N/N=C/c2cc([N+](=O)[O-])c(O)cc2O)cc1. The van der Waals surface area contributed by atoms with Crippen molar-refractivity contribution < 1.29 is 19.9 Å². The molecule has 0 saturated heterocycles. The van der Waals surface area contributed by atoms with E-state index in [1.54, 1.807) is 12.1 Å². The van der Waals surface area contributed by atoms with Crippen LogP contribution in [0.3, 0.4) is 0 Å². The Bertz CT molecular complexity index is 1390. The molecule has 0 spiro atoms. The monoisotopic (exact) mass is 456 g/mol. The van der Waals surface area contributed by atoms with Crippen LogP contribution >= 0.6 is 0 Å². The highest BCUT2D eigenvalue weighted by Crippen LogP contribution is 2.32. The highest BCUT2D eigenvalue weighted by Gasteiger charge is 2.17. The number of rotatable bonds is 6. The number of carbonyl (C=O) groups excluding carboxylic acids is 1. The first-order chi connectivity index (χ1) is 16.3. The number of carbonyl (C=O) groups is 1. The molecule has 0 unspecified atom stereocenters. The zero-order valence-electron chi connectivity index (χ0n) is 18.0. The lowest BCUT2D eigenvalue weighted by Gasteiger charge is -2.12. The second kappa shape index (κ2) is 9.29. The summed E-state index contributed by atoms with van der Waals surface area (Å²) < 4.78 is 2.09. The number of phenolic OH excluding ortho intramolecular Hbond substituents is 2. The Labute approximate surface area is 194 Å². The fraction of sp³-hybridized carbons (Fsp3) is 0.0400. The Morgan fingerprint density at radius 1 is 1.00 bits per heavy atom. The second-order valence-corrected chi connectivity index (χ2v) is 7.46. The van der Waals surface area contributed by atoms with E-state index in [1.807, 2.05) is 61.5 Å². The van der Waals surface area contributed by atoms with Crippen LogP contribution in [0.15, 0.2) is 84.0 Å². The number of amides is 1. The third-order valence-electron chi connectivity index (χ3n) is 5.22. The zero-order valence-corrected chi connectivity index (χ0v) is 18.0. The fourth-order valence-electron chi connectivity index (χ4n) is 3.53. The van der Waals surface area contributed by atoms with Crippen molar-refractivity contribution in [2.45, 2.75) is 6.92 Å². The van der Waals surface area contributed by atoms with Crippen molar-refractivity contribution in [3.63, 3.8) is 0 Å². The molecule has 3 N–H and O–H groups in total. The van der Waals surface area contributed by atoms with Crippen LogP contribution in [0.25, 0.3) is 16.9 Å². The summed E-state index contributed by atoms with van der Waals surface area (Å²) in [6.45, 7) is 2.00. The Kier molecular flexibility index (Phi) is 6.09. The Balaban J connectivity index is 1.51. The summed E-state index contributed by atoms with van der Waals surface area (Å²) in [5.74, 6) is -1.58. The number of nitro benzene ring substituents is 1. The van der Waals surface area contributed by atoms with E-state index < -0.39 is 28.0 Å². The van der Waals surface area contributed by atoms with Gasteiger partial charge in [0.05, 0.1) is 16.8 Å². The quantitative estimate of drug-likeness (QED) is 0.223. The second-order valence-electron chi connectivity index (χ2n) is 7.46. The summed E-state index contributed by atoms with van der Waals surface area (Å²) in [6, 6.07) is 22.8. The smallest absolute Gasteiger partial charge is 0.311 e. The number of nitrogens with one attached hydrogen (secondary N) is 1. The molecule has 4 rings (SSSR count). The van der Waals surface area contributed by atoms with E-state index >= 15 is 0 Å². The van der Waals surface area contributed by atoms with E-state index in [-0.39, 0.29) is 5.56 Å². The van der Waals surface area contributed by atoms with Crippen LogP contribution in [0, 0.1) is 17.0 Å². The van der Waals surface area contributed by atoms with Gasteiger partial charge in [0.15, 0.2) is 5.75 Å². The van der Waals surface area contributed by atoms with Crippen LogP contribution in [0.5, 0.6) is 11.5 Å². The molecule has 0 bridgehead atoms. The maximum Gasteiger partial charge on any atom is 0.311 e. The van der Waals surface area contributed by atoms with Crippen molar-refractivity contribution in [1.82, 2.24) is 9.99 Å². The van der Waals surface area contributed by atoms with E-state index in [1.165, 1.54) is 0 Å². The fourth-order valence-corrected chi connectivity index (χ4v) is 3.53. The average molecular weight is 456 g/mol. The number of nitro groups is 1. The van der Waals surface area contributed by atoms with Gasteiger partial charge in [0, 0.05) is 34.6 Å². The molecule has 3 aromatic carbocycles. The number of nitrogens with zero attached hydrogens (tertiary/aromatic N) is 3. The van der Waals surface area contributed by atoms with E-state index in [0.717, 1.165) is 41.0 Å². The molecule has 0 aliphatic carbocycles. The van der Waals surface area contributed by atoms with Crippen LogP contribution in [-0.2, 0) is 0 Å². The van der Waals surface area contributed by atoms with Gasteiger partial charge in [-0.05, 0) is 48.9 Å². The molecular formula is C25H20N4O5. The molecule has 1 aromatic heterocycles. The Hall–Kier alpha value is -4.92. The molecule has 0 saturated carbocycles. The predicted octanol–water partition coefficient (Wildman–Crippen LogP) is 4.54. The summed E-state index contributed by atoms with van der Waals surface area (Å²) >= 11 is 0. The number of benzene rings is 3. The first kappa shape index (κ1) is 22.3. The minimum absolute atomic E-state index is 0.0309. The van der Waals surface area contributed by atoms with Gasteiger partial charge in [0.2, 0.25) is 0 Å². The first-order valence-corrected chi connectivity index (χ1v) is 10.2. The van der Waals surface area contributed by atoms with Crippen molar-refractivity contribution in [2.24, 2.45) is 5.10 Å². The topological polar surface area (TPSA) is 130 Å². The van der Waals surface area contributed by atoms with Gasteiger partial charge in [-0.2, -0.15) is 5.10 Å². The van der Waals surface area contributed by atoms with Crippen LogP contribution in [0.4, 0.5) is 5.69 Å². The predicted molar refractivity (Wildman–Crippen MR) is 127 cm³/mol. The number of phenols is 2. The summed E-state index contributed by atoms with van der Waals surface area (Å²) in [6.07, 6.45) is 1.06.